The topological polar surface area (TPSA) is 46.2 Å². The molecule has 0 spiro atoms. The summed E-state index contributed by atoms with van der Waals surface area (Å²) in [6.45, 7) is 3.88. The number of nitrogens with one attached hydrogen (secondary N) is 1. The van der Waals surface area contributed by atoms with Gasteiger partial charge in [0.1, 0.15) is 0 Å². The van der Waals surface area contributed by atoms with E-state index in [4.69, 9.17) is 0 Å². The van der Waals surface area contributed by atoms with Gasteiger partial charge in [-0.15, -0.1) is 0 Å². The summed E-state index contributed by atoms with van der Waals surface area (Å²) in [4.78, 5) is 0.352. The zero-order chi connectivity index (χ0) is 11.8. The van der Waals surface area contributed by atoms with E-state index < -0.39 is 10.0 Å². The maximum Gasteiger partial charge on any atom is 0.240 e. The lowest BCUT2D eigenvalue weighted by atomic mass is 10.2. The number of hydrogen-bond donors (Lipinski definition) is 1. The molecule has 0 unspecified atom stereocenters. The predicted octanol–water partition coefficient (Wildman–Crippen LogP) is 2.07. The lowest BCUT2D eigenvalue weighted by Crippen LogP contribution is -2.33. The van der Waals surface area contributed by atoms with E-state index in [2.05, 4.69) is 4.72 Å². The Morgan fingerprint density at radius 1 is 1.25 bits per heavy atom. The molecule has 1 aliphatic rings. The third-order valence-corrected chi connectivity index (χ3v) is 4.58. The molecule has 1 aliphatic carbocycles. The third-order valence-electron chi connectivity index (χ3n) is 3.00. The van der Waals surface area contributed by atoms with E-state index in [0.717, 1.165) is 18.4 Å². The molecule has 1 aromatic rings. The highest BCUT2D eigenvalue weighted by Crippen LogP contribution is 2.32. The first kappa shape index (κ1) is 11.6. The number of sulfonamides is 1. The number of benzene rings is 1. The van der Waals surface area contributed by atoms with E-state index in [1.165, 1.54) is 0 Å². The predicted molar refractivity (Wildman–Crippen MR) is 63.7 cm³/mol. The van der Waals surface area contributed by atoms with Crippen LogP contribution in [-0.2, 0) is 10.0 Å². The van der Waals surface area contributed by atoms with Crippen LogP contribution in [0.25, 0.3) is 0 Å². The third kappa shape index (κ3) is 2.62. The molecule has 0 amide bonds. The Bertz CT molecular complexity index is 460. The highest BCUT2D eigenvalue weighted by atomic mass is 32.2. The molecule has 0 heterocycles. The Labute approximate surface area is 96.9 Å². The van der Waals surface area contributed by atoms with Crippen molar-refractivity contribution < 1.29 is 8.42 Å². The van der Waals surface area contributed by atoms with Gasteiger partial charge in [0.15, 0.2) is 0 Å². The smallest absolute Gasteiger partial charge is 0.208 e. The van der Waals surface area contributed by atoms with Crippen LogP contribution in [0.1, 0.15) is 25.3 Å². The molecule has 4 heteroatoms. The minimum Gasteiger partial charge on any atom is -0.208 e. The van der Waals surface area contributed by atoms with E-state index in [1.807, 2.05) is 26.0 Å². The van der Waals surface area contributed by atoms with Crippen molar-refractivity contribution in [3.63, 3.8) is 0 Å². The van der Waals surface area contributed by atoms with E-state index in [1.54, 1.807) is 12.1 Å². The van der Waals surface area contributed by atoms with Crippen molar-refractivity contribution >= 4 is 10.0 Å². The van der Waals surface area contributed by atoms with E-state index in [-0.39, 0.29) is 6.04 Å². The van der Waals surface area contributed by atoms with Gasteiger partial charge in [-0.2, -0.15) is 0 Å². The molecule has 0 saturated heterocycles. The molecule has 0 radical (unpaired) electrons. The van der Waals surface area contributed by atoms with Gasteiger partial charge in [0.25, 0.3) is 0 Å². The molecule has 16 heavy (non-hydrogen) atoms. The average molecular weight is 239 g/mol. The Morgan fingerprint density at radius 3 is 2.31 bits per heavy atom. The first-order valence-corrected chi connectivity index (χ1v) is 7.06. The van der Waals surface area contributed by atoms with Gasteiger partial charge in [-0.05, 0) is 44.7 Å². The second kappa shape index (κ2) is 4.18. The SMILES string of the molecule is Cc1ccc(S(=O)(=O)N[C@@H](C)C2CC2)cc1. The van der Waals surface area contributed by atoms with Crippen LogP contribution in [0.3, 0.4) is 0 Å². The molecule has 3 nitrogen and oxygen atoms in total. The van der Waals surface area contributed by atoms with Crippen LogP contribution in [0, 0.1) is 12.8 Å². The van der Waals surface area contributed by atoms with Gasteiger partial charge in [-0.1, -0.05) is 17.7 Å². The van der Waals surface area contributed by atoms with Crippen LogP contribution in [0.15, 0.2) is 29.2 Å². The summed E-state index contributed by atoms with van der Waals surface area (Å²) in [7, 11) is -3.33. The molecule has 2 rings (SSSR count). The molecule has 0 aromatic heterocycles. The van der Waals surface area contributed by atoms with Crippen LogP contribution in [0.4, 0.5) is 0 Å². The van der Waals surface area contributed by atoms with Gasteiger partial charge >= 0.3 is 0 Å². The molecule has 0 bridgehead atoms. The quantitative estimate of drug-likeness (QED) is 0.874. The molecular formula is C12H17NO2S. The van der Waals surface area contributed by atoms with Gasteiger partial charge in [0.2, 0.25) is 10.0 Å². The Kier molecular flexibility index (Phi) is 3.04. The molecule has 1 saturated carbocycles. The summed E-state index contributed by atoms with van der Waals surface area (Å²) in [5.74, 6) is 0.528. The lowest BCUT2D eigenvalue weighted by Gasteiger charge is -2.13. The Balaban J connectivity index is 2.14. The van der Waals surface area contributed by atoms with Crippen LogP contribution in [-0.4, -0.2) is 14.5 Å². The maximum absolute atomic E-state index is 12.0. The van der Waals surface area contributed by atoms with Gasteiger partial charge < -0.3 is 0 Å². The van der Waals surface area contributed by atoms with Gasteiger partial charge in [-0.3, -0.25) is 0 Å². The normalized spacial score (nSPS) is 18.4. The van der Waals surface area contributed by atoms with Crippen LogP contribution < -0.4 is 4.72 Å². The molecule has 1 atom stereocenters. The van der Waals surface area contributed by atoms with Crippen LogP contribution in [0.2, 0.25) is 0 Å². The van der Waals surface area contributed by atoms with Crippen LogP contribution >= 0.6 is 0 Å². The Morgan fingerprint density at radius 2 is 1.81 bits per heavy atom. The summed E-state index contributed by atoms with van der Waals surface area (Å²) >= 11 is 0. The highest BCUT2D eigenvalue weighted by molar-refractivity contribution is 7.89. The fourth-order valence-electron chi connectivity index (χ4n) is 1.72. The van der Waals surface area contributed by atoms with Crippen molar-refractivity contribution in [1.82, 2.24) is 4.72 Å². The zero-order valence-electron chi connectivity index (χ0n) is 9.60. The summed E-state index contributed by atoms with van der Waals surface area (Å²) in [6, 6.07) is 6.98. The van der Waals surface area contributed by atoms with Crippen molar-refractivity contribution in [2.75, 3.05) is 0 Å². The van der Waals surface area contributed by atoms with Crippen molar-refractivity contribution in [2.45, 2.75) is 37.6 Å². The molecule has 1 N–H and O–H groups in total. The fourth-order valence-corrected chi connectivity index (χ4v) is 3.04. The first-order valence-electron chi connectivity index (χ1n) is 5.58. The standard InChI is InChI=1S/C12H17NO2S/c1-9-3-7-12(8-4-9)16(14,15)13-10(2)11-5-6-11/h3-4,7-8,10-11,13H,5-6H2,1-2H3/t10-/m0/s1. The van der Waals surface area contributed by atoms with Crippen molar-refractivity contribution in [2.24, 2.45) is 5.92 Å². The monoisotopic (exact) mass is 239 g/mol. The molecule has 1 fully saturated rings. The summed E-state index contributed by atoms with van der Waals surface area (Å²) in [6.07, 6.45) is 2.27. The zero-order valence-corrected chi connectivity index (χ0v) is 10.4. The minimum atomic E-state index is -3.33. The average Bonchev–Trinajstić information content (AvgIpc) is 3.00. The molecular weight excluding hydrogens is 222 g/mol. The number of rotatable bonds is 4. The van der Waals surface area contributed by atoms with Crippen LogP contribution in [0.5, 0.6) is 0 Å². The summed E-state index contributed by atoms with van der Waals surface area (Å²) < 4.78 is 26.7. The number of aryl methyl sites for hydroxylation is 1. The maximum atomic E-state index is 12.0. The van der Waals surface area contributed by atoms with Crippen molar-refractivity contribution in [3.8, 4) is 0 Å². The summed E-state index contributed by atoms with van der Waals surface area (Å²) in [5.41, 5.74) is 1.06. The summed E-state index contributed by atoms with van der Waals surface area (Å²) in [5, 5.41) is 0. The van der Waals surface area contributed by atoms with Crippen molar-refractivity contribution in [3.05, 3.63) is 29.8 Å². The molecule has 0 aliphatic heterocycles. The lowest BCUT2D eigenvalue weighted by molar-refractivity contribution is 0.538. The van der Waals surface area contributed by atoms with E-state index >= 15 is 0 Å². The molecule has 1 aromatic carbocycles. The van der Waals surface area contributed by atoms with E-state index in [9.17, 15) is 8.42 Å². The largest absolute Gasteiger partial charge is 0.240 e. The van der Waals surface area contributed by atoms with Gasteiger partial charge in [-0.25, -0.2) is 13.1 Å². The first-order chi connectivity index (χ1) is 7.49. The second-order valence-corrected chi connectivity index (χ2v) is 6.27. The van der Waals surface area contributed by atoms with Crippen molar-refractivity contribution in [1.29, 1.82) is 0 Å². The molecule has 88 valence electrons. The number of hydrogen-bond acceptors (Lipinski definition) is 2. The fraction of sp³-hybridized carbons (Fsp3) is 0.500. The second-order valence-electron chi connectivity index (χ2n) is 4.56. The Hall–Kier alpha value is -0.870. The van der Waals surface area contributed by atoms with Gasteiger partial charge in [0.05, 0.1) is 4.90 Å². The van der Waals surface area contributed by atoms with Gasteiger partial charge in [0, 0.05) is 6.04 Å². The minimum absolute atomic E-state index is 0.0475. The highest BCUT2D eigenvalue weighted by Gasteiger charge is 2.31. The van der Waals surface area contributed by atoms with E-state index in [0.29, 0.717) is 10.8 Å².